The van der Waals surface area contributed by atoms with Gasteiger partial charge in [0.2, 0.25) is 0 Å². The molecule has 5 aromatic heterocycles. The Bertz CT molecular complexity index is 1460. The van der Waals surface area contributed by atoms with Crippen molar-refractivity contribution in [1.82, 2.24) is 30.5 Å². The fourth-order valence-corrected chi connectivity index (χ4v) is 5.42. The Morgan fingerprint density at radius 3 is 2.78 bits per heavy atom. The Hall–Kier alpha value is -3.36. The molecule has 3 N–H and O–H groups in total. The number of aromatic nitrogens is 5. The number of hydrogen-bond acceptors (Lipinski definition) is 6. The highest BCUT2D eigenvalue weighted by Gasteiger charge is 2.20. The van der Waals surface area contributed by atoms with Crippen LogP contribution in [0.3, 0.4) is 0 Å². The molecule has 0 aliphatic carbocycles. The number of nitrogens with zero attached hydrogens (tertiary/aromatic N) is 3. The second-order valence-electron chi connectivity index (χ2n) is 8.28. The van der Waals surface area contributed by atoms with E-state index in [2.05, 4.69) is 43.7 Å². The van der Waals surface area contributed by atoms with Crippen LogP contribution in [0.2, 0.25) is 0 Å². The van der Waals surface area contributed by atoms with E-state index in [0.717, 1.165) is 80.3 Å². The van der Waals surface area contributed by atoms with E-state index in [4.69, 9.17) is 4.98 Å². The molecule has 0 spiro atoms. The molecule has 0 unspecified atom stereocenters. The number of thiophene rings is 1. The number of rotatable bonds is 4. The van der Waals surface area contributed by atoms with Crippen LogP contribution >= 0.6 is 11.3 Å². The summed E-state index contributed by atoms with van der Waals surface area (Å²) in [5.41, 5.74) is 6.60. The highest BCUT2D eigenvalue weighted by Crippen LogP contribution is 2.36. The minimum Gasteiger partial charge on any atom is -0.352 e. The summed E-state index contributed by atoms with van der Waals surface area (Å²) in [6.07, 6.45) is 5.89. The van der Waals surface area contributed by atoms with Crippen LogP contribution in [-0.2, 0) is 0 Å². The number of H-pyrrole nitrogens is 2. The number of pyridine rings is 2. The third-order valence-corrected chi connectivity index (χ3v) is 7.43. The van der Waals surface area contributed by atoms with Gasteiger partial charge in [-0.05, 0) is 63.2 Å². The maximum Gasteiger partial charge on any atom is 0.169 e. The summed E-state index contributed by atoms with van der Waals surface area (Å²) in [7, 11) is 0. The summed E-state index contributed by atoms with van der Waals surface area (Å²) in [6, 6.07) is 10.2. The second kappa shape index (κ2) is 7.65. The van der Waals surface area contributed by atoms with Crippen molar-refractivity contribution in [2.45, 2.75) is 25.7 Å². The van der Waals surface area contributed by atoms with Gasteiger partial charge in [-0.3, -0.25) is 14.9 Å². The van der Waals surface area contributed by atoms with E-state index in [1.807, 2.05) is 24.5 Å². The van der Waals surface area contributed by atoms with Gasteiger partial charge in [0, 0.05) is 33.6 Å². The minimum absolute atomic E-state index is 0.0785. The molecule has 0 amide bonds. The third-order valence-electron chi connectivity index (χ3n) is 6.21. The predicted molar refractivity (Wildman–Crippen MR) is 127 cm³/mol. The molecule has 7 nitrogen and oxygen atoms in total. The van der Waals surface area contributed by atoms with Crippen molar-refractivity contribution in [3.63, 3.8) is 0 Å². The summed E-state index contributed by atoms with van der Waals surface area (Å²) >= 11 is 1.49. The topological polar surface area (TPSA) is 99.4 Å². The molecule has 1 saturated heterocycles. The summed E-state index contributed by atoms with van der Waals surface area (Å²) in [4.78, 5) is 26.4. The van der Waals surface area contributed by atoms with Crippen LogP contribution in [-0.4, -0.2) is 44.0 Å². The first kappa shape index (κ1) is 19.3. The molecule has 5 aromatic rings. The Labute approximate surface area is 188 Å². The van der Waals surface area contributed by atoms with E-state index in [9.17, 15) is 4.79 Å². The van der Waals surface area contributed by atoms with Gasteiger partial charge in [-0.1, -0.05) is 0 Å². The van der Waals surface area contributed by atoms with Gasteiger partial charge in [0.25, 0.3) is 0 Å². The number of ketones is 1. The molecule has 160 valence electrons. The molecular weight excluding hydrogens is 420 g/mol. The molecule has 0 saturated carbocycles. The van der Waals surface area contributed by atoms with E-state index >= 15 is 0 Å². The van der Waals surface area contributed by atoms with Gasteiger partial charge in [0.1, 0.15) is 11.2 Å². The van der Waals surface area contributed by atoms with Crippen LogP contribution in [0.4, 0.5) is 0 Å². The van der Waals surface area contributed by atoms with Gasteiger partial charge in [0.15, 0.2) is 5.78 Å². The van der Waals surface area contributed by atoms with Crippen LogP contribution < -0.4 is 5.32 Å². The van der Waals surface area contributed by atoms with Crippen LogP contribution in [0, 0.1) is 0 Å². The largest absolute Gasteiger partial charge is 0.352 e. The van der Waals surface area contributed by atoms with E-state index in [0.29, 0.717) is 5.92 Å². The van der Waals surface area contributed by atoms with Crippen LogP contribution in [0.5, 0.6) is 0 Å². The maximum absolute atomic E-state index is 11.7. The number of carbonyl (C=O) groups excluding carboxylic acids is 1. The van der Waals surface area contributed by atoms with Gasteiger partial charge in [-0.2, -0.15) is 5.10 Å². The van der Waals surface area contributed by atoms with Gasteiger partial charge >= 0.3 is 0 Å². The number of aromatic amines is 2. The standard InChI is InChI=1S/C24H22N6OS/c1-13(31)21-4-5-22(32-21)16-11-26-12-20-15(16)10-19(27-20)24-23-18(29-30-24)3-2-17(28-23)14-6-8-25-9-7-14/h2-5,10-12,14,25,27H,6-9H2,1H3,(H,29,30). The zero-order chi connectivity index (χ0) is 21.7. The summed E-state index contributed by atoms with van der Waals surface area (Å²) in [5.74, 6) is 0.561. The van der Waals surface area contributed by atoms with Gasteiger partial charge in [0.05, 0.1) is 27.8 Å². The monoisotopic (exact) mass is 442 g/mol. The number of fused-ring (bicyclic) bond motifs is 2. The lowest BCUT2D eigenvalue weighted by molar-refractivity contribution is 0.102. The Balaban J connectivity index is 1.44. The highest BCUT2D eigenvalue weighted by molar-refractivity contribution is 7.17. The number of hydrogen-bond donors (Lipinski definition) is 3. The molecule has 1 aliphatic rings. The molecule has 0 radical (unpaired) electrons. The maximum atomic E-state index is 11.7. The molecular formula is C24H22N6OS. The first-order valence-electron chi connectivity index (χ1n) is 10.8. The Morgan fingerprint density at radius 1 is 1.09 bits per heavy atom. The lowest BCUT2D eigenvalue weighted by Gasteiger charge is -2.22. The summed E-state index contributed by atoms with van der Waals surface area (Å²) < 4.78 is 0. The molecule has 6 heterocycles. The van der Waals surface area contributed by atoms with Crippen molar-refractivity contribution in [2.24, 2.45) is 0 Å². The van der Waals surface area contributed by atoms with Crippen molar-refractivity contribution >= 4 is 39.1 Å². The van der Waals surface area contributed by atoms with Crippen molar-refractivity contribution < 1.29 is 4.79 Å². The zero-order valence-corrected chi connectivity index (χ0v) is 18.4. The zero-order valence-electron chi connectivity index (χ0n) is 17.6. The summed E-state index contributed by atoms with van der Waals surface area (Å²) in [5, 5.41) is 12.2. The first-order chi connectivity index (χ1) is 15.7. The molecule has 6 rings (SSSR count). The van der Waals surface area contributed by atoms with Gasteiger partial charge in [-0.15, -0.1) is 11.3 Å². The van der Waals surface area contributed by atoms with Crippen molar-refractivity contribution in [3.8, 4) is 21.8 Å². The van der Waals surface area contributed by atoms with Crippen LogP contribution in [0.15, 0.2) is 42.7 Å². The van der Waals surface area contributed by atoms with E-state index in [-0.39, 0.29) is 5.78 Å². The molecule has 0 atom stereocenters. The van der Waals surface area contributed by atoms with Crippen LogP contribution in [0.1, 0.15) is 41.0 Å². The minimum atomic E-state index is 0.0785. The smallest absolute Gasteiger partial charge is 0.169 e. The molecule has 1 aliphatic heterocycles. The Morgan fingerprint density at radius 2 is 1.97 bits per heavy atom. The second-order valence-corrected chi connectivity index (χ2v) is 9.36. The van der Waals surface area contributed by atoms with Gasteiger partial charge in [-0.25, -0.2) is 4.98 Å². The average Bonchev–Trinajstić information content (AvgIpc) is 3.56. The molecule has 1 fully saturated rings. The van der Waals surface area contributed by atoms with E-state index < -0.39 is 0 Å². The SMILES string of the molecule is CC(=O)c1ccc(-c2cncc3[nH]c(-c4n[nH]c5ccc(C6CCNCC6)nc45)cc23)s1. The molecule has 32 heavy (non-hydrogen) atoms. The predicted octanol–water partition coefficient (Wildman–Crippen LogP) is 4.90. The summed E-state index contributed by atoms with van der Waals surface area (Å²) in [6.45, 7) is 3.67. The lowest BCUT2D eigenvalue weighted by atomic mass is 9.94. The molecule has 0 bridgehead atoms. The first-order valence-corrected chi connectivity index (χ1v) is 11.6. The Kier molecular flexibility index (Phi) is 4.62. The lowest BCUT2D eigenvalue weighted by Crippen LogP contribution is -2.27. The third kappa shape index (κ3) is 3.23. The van der Waals surface area contributed by atoms with Crippen molar-refractivity contribution in [1.29, 1.82) is 0 Å². The molecule has 8 heteroatoms. The van der Waals surface area contributed by atoms with Crippen LogP contribution in [0.25, 0.3) is 43.8 Å². The highest BCUT2D eigenvalue weighted by atomic mass is 32.1. The number of piperidine rings is 1. The normalized spacial score (nSPS) is 15.0. The van der Waals surface area contributed by atoms with Gasteiger partial charge < -0.3 is 10.3 Å². The fourth-order valence-electron chi connectivity index (χ4n) is 4.49. The van der Waals surface area contributed by atoms with E-state index in [1.54, 1.807) is 6.92 Å². The van der Waals surface area contributed by atoms with Crippen molar-refractivity contribution in [2.75, 3.05) is 13.1 Å². The number of Topliss-reactive ketones (excluding diaryl/α,β-unsaturated/α-hetero) is 1. The number of carbonyl (C=O) groups is 1. The quantitative estimate of drug-likeness (QED) is 0.344. The fraction of sp³-hybridized carbons (Fsp3) is 0.250. The average molecular weight is 443 g/mol. The molecule has 0 aromatic carbocycles. The van der Waals surface area contributed by atoms with E-state index in [1.165, 1.54) is 11.3 Å². The van der Waals surface area contributed by atoms with Crippen molar-refractivity contribution in [3.05, 3.63) is 53.3 Å². The number of nitrogens with one attached hydrogen (secondary N) is 3.